The van der Waals surface area contributed by atoms with Crippen LogP contribution in [0.4, 0.5) is 0 Å². The van der Waals surface area contributed by atoms with Gasteiger partial charge in [-0.3, -0.25) is 10.8 Å². The van der Waals surface area contributed by atoms with E-state index in [9.17, 15) is 0 Å². The molecule has 0 amide bonds. The number of hydrogen-bond donors (Lipinski definition) is 2. The van der Waals surface area contributed by atoms with E-state index in [0.717, 1.165) is 16.7 Å². The van der Waals surface area contributed by atoms with Gasteiger partial charge < -0.3 is 0 Å². The van der Waals surface area contributed by atoms with Gasteiger partial charge in [0.1, 0.15) is 0 Å². The van der Waals surface area contributed by atoms with Gasteiger partial charge in [0, 0.05) is 12.4 Å². The lowest BCUT2D eigenvalue weighted by atomic mass is 9.97. The minimum absolute atomic E-state index is 0.0178. The Bertz CT molecular complexity index is 454. The molecule has 1 aromatic carbocycles. The molecule has 3 nitrogen and oxygen atoms in total. The monoisotopic (exact) mass is 213 g/mol. The predicted octanol–water partition coefficient (Wildman–Crippen LogP) is 1.94. The zero-order valence-corrected chi connectivity index (χ0v) is 9.22. The lowest BCUT2D eigenvalue weighted by Gasteiger charge is -2.18. The minimum atomic E-state index is 0.0178. The number of nitrogens with one attached hydrogen (secondary N) is 1. The number of benzene rings is 1. The molecule has 3 N–H and O–H groups in total. The molecule has 1 atom stereocenters. The van der Waals surface area contributed by atoms with Crippen LogP contribution in [-0.2, 0) is 0 Å². The van der Waals surface area contributed by atoms with Crippen molar-refractivity contribution in [3.63, 3.8) is 0 Å². The summed E-state index contributed by atoms with van der Waals surface area (Å²) in [5, 5.41) is 0. The third kappa shape index (κ3) is 2.10. The largest absolute Gasteiger partial charge is 0.271 e. The second kappa shape index (κ2) is 4.88. The Hall–Kier alpha value is -1.71. The molecule has 82 valence electrons. The number of nitrogens with two attached hydrogens (primary N) is 1. The van der Waals surface area contributed by atoms with Gasteiger partial charge in [0.2, 0.25) is 0 Å². The van der Waals surface area contributed by atoms with E-state index >= 15 is 0 Å². The summed E-state index contributed by atoms with van der Waals surface area (Å²) >= 11 is 0. The predicted molar refractivity (Wildman–Crippen MR) is 64.6 cm³/mol. The van der Waals surface area contributed by atoms with Gasteiger partial charge in [-0.25, -0.2) is 5.43 Å². The quantitative estimate of drug-likeness (QED) is 0.605. The molecular formula is C13H15N3. The van der Waals surface area contributed by atoms with E-state index in [1.54, 1.807) is 6.20 Å². The number of rotatable bonds is 3. The van der Waals surface area contributed by atoms with E-state index in [1.165, 1.54) is 0 Å². The summed E-state index contributed by atoms with van der Waals surface area (Å²) in [5.41, 5.74) is 6.29. The molecular weight excluding hydrogens is 198 g/mol. The first-order chi connectivity index (χ1) is 7.83. The molecule has 0 saturated heterocycles. The second-order valence-corrected chi connectivity index (χ2v) is 3.74. The van der Waals surface area contributed by atoms with Gasteiger partial charge in [-0.05, 0) is 29.7 Å². The molecule has 2 aromatic rings. The van der Waals surface area contributed by atoms with Crippen LogP contribution in [0.5, 0.6) is 0 Å². The van der Waals surface area contributed by atoms with Crippen LogP contribution in [0.3, 0.4) is 0 Å². The van der Waals surface area contributed by atoms with Gasteiger partial charge in [-0.1, -0.05) is 30.3 Å². The first-order valence-corrected chi connectivity index (χ1v) is 5.24. The normalized spacial score (nSPS) is 12.4. The van der Waals surface area contributed by atoms with Crippen LogP contribution in [0.1, 0.15) is 22.7 Å². The standard InChI is InChI=1S/C13H15N3/c1-10-9-15-8-7-12(10)13(16-14)11-5-3-2-4-6-11/h2-9,13,16H,14H2,1H3. The molecule has 2 rings (SSSR count). The van der Waals surface area contributed by atoms with Crippen LogP contribution in [-0.4, -0.2) is 4.98 Å². The number of nitrogens with zero attached hydrogens (tertiary/aromatic N) is 1. The third-order valence-corrected chi connectivity index (χ3v) is 2.67. The molecule has 1 unspecified atom stereocenters. The van der Waals surface area contributed by atoms with Crippen molar-refractivity contribution in [1.29, 1.82) is 0 Å². The van der Waals surface area contributed by atoms with Crippen molar-refractivity contribution < 1.29 is 0 Å². The van der Waals surface area contributed by atoms with Crippen molar-refractivity contribution >= 4 is 0 Å². The minimum Gasteiger partial charge on any atom is -0.271 e. The fraction of sp³-hybridized carbons (Fsp3) is 0.154. The Labute approximate surface area is 95.3 Å². The number of hydrogen-bond acceptors (Lipinski definition) is 3. The molecule has 0 radical (unpaired) electrons. The van der Waals surface area contributed by atoms with E-state index in [0.29, 0.717) is 0 Å². The van der Waals surface area contributed by atoms with Gasteiger partial charge in [-0.15, -0.1) is 0 Å². The molecule has 0 saturated carbocycles. The average Bonchev–Trinajstić information content (AvgIpc) is 2.34. The molecule has 1 aromatic heterocycles. The van der Waals surface area contributed by atoms with Gasteiger partial charge in [-0.2, -0.15) is 0 Å². The van der Waals surface area contributed by atoms with E-state index in [4.69, 9.17) is 5.84 Å². The molecule has 0 fully saturated rings. The Morgan fingerprint density at radius 2 is 1.94 bits per heavy atom. The summed E-state index contributed by atoms with van der Waals surface area (Å²) in [6, 6.07) is 12.1. The van der Waals surface area contributed by atoms with Crippen LogP contribution < -0.4 is 11.3 Å². The lowest BCUT2D eigenvalue weighted by molar-refractivity contribution is 0.633. The van der Waals surface area contributed by atoms with E-state index < -0.39 is 0 Å². The molecule has 16 heavy (non-hydrogen) atoms. The number of hydrazine groups is 1. The molecule has 0 aliphatic carbocycles. The molecule has 1 heterocycles. The first-order valence-electron chi connectivity index (χ1n) is 5.24. The van der Waals surface area contributed by atoms with Crippen molar-refractivity contribution in [3.05, 3.63) is 65.5 Å². The zero-order valence-electron chi connectivity index (χ0n) is 9.22. The van der Waals surface area contributed by atoms with Crippen molar-refractivity contribution in [2.75, 3.05) is 0 Å². The summed E-state index contributed by atoms with van der Waals surface area (Å²) < 4.78 is 0. The van der Waals surface area contributed by atoms with Gasteiger partial charge in [0.05, 0.1) is 6.04 Å². The highest BCUT2D eigenvalue weighted by Crippen LogP contribution is 2.22. The van der Waals surface area contributed by atoms with Crippen LogP contribution in [0.15, 0.2) is 48.8 Å². The number of aromatic nitrogens is 1. The summed E-state index contributed by atoms with van der Waals surface area (Å²) in [5.74, 6) is 5.64. The Balaban J connectivity index is 2.41. The summed E-state index contributed by atoms with van der Waals surface area (Å²) in [6.45, 7) is 2.04. The summed E-state index contributed by atoms with van der Waals surface area (Å²) in [7, 11) is 0. The van der Waals surface area contributed by atoms with Crippen molar-refractivity contribution in [1.82, 2.24) is 10.4 Å². The van der Waals surface area contributed by atoms with E-state index in [2.05, 4.69) is 22.5 Å². The molecule has 0 aliphatic heterocycles. The maximum Gasteiger partial charge on any atom is 0.0713 e. The average molecular weight is 213 g/mol. The Morgan fingerprint density at radius 1 is 1.19 bits per heavy atom. The Kier molecular flexibility index (Phi) is 3.29. The SMILES string of the molecule is Cc1cnccc1C(NN)c1ccccc1. The third-order valence-electron chi connectivity index (χ3n) is 2.67. The van der Waals surface area contributed by atoms with Gasteiger partial charge in [0.15, 0.2) is 0 Å². The molecule has 0 bridgehead atoms. The highest BCUT2D eigenvalue weighted by atomic mass is 15.2. The highest BCUT2D eigenvalue weighted by Gasteiger charge is 2.13. The van der Waals surface area contributed by atoms with E-state index in [-0.39, 0.29) is 6.04 Å². The maximum absolute atomic E-state index is 5.64. The molecule has 0 spiro atoms. The van der Waals surface area contributed by atoms with Crippen LogP contribution in [0.2, 0.25) is 0 Å². The van der Waals surface area contributed by atoms with Gasteiger partial charge in [0.25, 0.3) is 0 Å². The maximum atomic E-state index is 5.64. The van der Waals surface area contributed by atoms with Gasteiger partial charge >= 0.3 is 0 Å². The van der Waals surface area contributed by atoms with Crippen LogP contribution >= 0.6 is 0 Å². The zero-order chi connectivity index (χ0) is 11.4. The first kappa shape index (κ1) is 10.8. The highest BCUT2D eigenvalue weighted by molar-refractivity contribution is 5.34. The van der Waals surface area contributed by atoms with Crippen molar-refractivity contribution in [2.24, 2.45) is 5.84 Å². The fourth-order valence-corrected chi connectivity index (χ4v) is 1.82. The smallest absolute Gasteiger partial charge is 0.0713 e. The molecule has 3 heteroatoms. The topological polar surface area (TPSA) is 50.9 Å². The number of pyridine rings is 1. The lowest BCUT2D eigenvalue weighted by Crippen LogP contribution is -2.29. The summed E-state index contributed by atoms with van der Waals surface area (Å²) in [6.07, 6.45) is 3.64. The van der Waals surface area contributed by atoms with Crippen molar-refractivity contribution in [3.8, 4) is 0 Å². The molecule has 0 aliphatic rings. The second-order valence-electron chi connectivity index (χ2n) is 3.74. The Morgan fingerprint density at radius 3 is 2.56 bits per heavy atom. The fourth-order valence-electron chi connectivity index (χ4n) is 1.82. The van der Waals surface area contributed by atoms with Crippen LogP contribution in [0.25, 0.3) is 0 Å². The van der Waals surface area contributed by atoms with E-state index in [1.807, 2.05) is 37.4 Å². The number of aryl methyl sites for hydroxylation is 1. The summed E-state index contributed by atoms with van der Waals surface area (Å²) in [4.78, 5) is 4.09. The van der Waals surface area contributed by atoms with Crippen molar-refractivity contribution in [2.45, 2.75) is 13.0 Å². The van der Waals surface area contributed by atoms with Crippen LogP contribution in [0, 0.1) is 6.92 Å².